The summed E-state index contributed by atoms with van der Waals surface area (Å²) in [6.07, 6.45) is 0.868. The van der Waals surface area contributed by atoms with Crippen LogP contribution in [0.2, 0.25) is 0 Å². The molecule has 0 bridgehead atoms. The largest absolute Gasteiger partial charge is 0.320 e. The predicted octanol–water partition coefficient (Wildman–Crippen LogP) is 2.45. The number of nitriles is 1. The standard InChI is InChI=1S/C11H13ClN2/c1-14-6-5-11(12)10-4-2-3-9(7-10)8-13/h2-4,7,11,14H,5-6H2,1H3. The third kappa shape index (κ3) is 3.02. The summed E-state index contributed by atoms with van der Waals surface area (Å²) >= 11 is 6.16. The van der Waals surface area contributed by atoms with Gasteiger partial charge in [-0.15, -0.1) is 11.6 Å². The highest BCUT2D eigenvalue weighted by Crippen LogP contribution is 2.23. The lowest BCUT2D eigenvalue weighted by Crippen LogP contribution is -2.09. The number of alkyl halides is 1. The molecule has 1 rings (SSSR count). The Morgan fingerprint density at radius 1 is 1.57 bits per heavy atom. The van der Waals surface area contributed by atoms with Gasteiger partial charge in [0.25, 0.3) is 0 Å². The predicted molar refractivity (Wildman–Crippen MR) is 58.3 cm³/mol. The molecule has 0 aliphatic rings. The number of nitrogens with zero attached hydrogens (tertiary/aromatic N) is 1. The minimum absolute atomic E-state index is 0.0178. The maximum Gasteiger partial charge on any atom is 0.0991 e. The van der Waals surface area contributed by atoms with E-state index in [1.54, 1.807) is 6.07 Å². The van der Waals surface area contributed by atoms with Crippen molar-refractivity contribution >= 4 is 11.6 Å². The fourth-order valence-electron chi connectivity index (χ4n) is 1.24. The first-order valence-corrected chi connectivity index (χ1v) is 5.00. The van der Waals surface area contributed by atoms with Gasteiger partial charge < -0.3 is 5.32 Å². The smallest absolute Gasteiger partial charge is 0.0991 e. The van der Waals surface area contributed by atoms with Gasteiger partial charge in [-0.1, -0.05) is 12.1 Å². The van der Waals surface area contributed by atoms with Crippen LogP contribution in [-0.2, 0) is 0 Å². The second kappa shape index (κ2) is 5.64. The van der Waals surface area contributed by atoms with Gasteiger partial charge in [0.15, 0.2) is 0 Å². The first-order valence-electron chi connectivity index (χ1n) is 4.56. The number of hydrogen-bond acceptors (Lipinski definition) is 2. The zero-order chi connectivity index (χ0) is 10.4. The van der Waals surface area contributed by atoms with E-state index in [-0.39, 0.29) is 5.38 Å². The fourth-order valence-corrected chi connectivity index (χ4v) is 1.49. The molecule has 0 aromatic heterocycles. The Morgan fingerprint density at radius 3 is 3.00 bits per heavy atom. The normalized spacial score (nSPS) is 12.1. The van der Waals surface area contributed by atoms with Crippen LogP contribution in [0.25, 0.3) is 0 Å². The minimum atomic E-state index is -0.0178. The average molecular weight is 209 g/mol. The molecular formula is C11H13ClN2. The molecule has 14 heavy (non-hydrogen) atoms. The Bertz CT molecular complexity index is 330. The SMILES string of the molecule is CNCCC(Cl)c1cccc(C#N)c1. The van der Waals surface area contributed by atoms with Crippen molar-refractivity contribution in [3.63, 3.8) is 0 Å². The van der Waals surface area contributed by atoms with Crippen LogP contribution in [0.3, 0.4) is 0 Å². The summed E-state index contributed by atoms with van der Waals surface area (Å²) in [4.78, 5) is 0. The molecular weight excluding hydrogens is 196 g/mol. The van der Waals surface area contributed by atoms with Crippen molar-refractivity contribution in [2.45, 2.75) is 11.8 Å². The van der Waals surface area contributed by atoms with Crippen molar-refractivity contribution in [2.75, 3.05) is 13.6 Å². The monoisotopic (exact) mass is 208 g/mol. The third-order valence-corrected chi connectivity index (χ3v) is 2.50. The lowest BCUT2D eigenvalue weighted by Gasteiger charge is -2.09. The molecule has 1 N–H and O–H groups in total. The van der Waals surface area contributed by atoms with Crippen LogP contribution >= 0.6 is 11.6 Å². The topological polar surface area (TPSA) is 35.8 Å². The Hall–Kier alpha value is -1.04. The van der Waals surface area contributed by atoms with Gasteiger partial charge >= 0.3 is 0 Å². The molecule has 0 saturated carbocycles. The molecule has 1 atom stereocenters. The van der Waals surface area contributed by atoms with Gasteiger partial charge in [0, 0.05) is 0 Å². The molecule has 2 nitrogen and oxygen atoms in total. The molecule has 74 valence electrons. The maximum atomic E-state index is 8.71. The van der Waals surface area contributed by atoms with Gasteiger partial charge in [-0.2, -0.15) is 5.26 Å². The third-order valence-electron chi connectivity index (χ3n) is 2.03. The number of nitrogens with one attached hydrogen (secondary N) is 1. The van der Waals surface area contributed by atoms with Gasteiger partial charge in [-0.3, -0.25) is 0 Å². The summed E-state index contributed by atoms with van der Waals surface area (Å²) in [5.74, 6) is 0. The maximum absolute atomic E-state index is 8.71. The summed E-state index contributed by atoms with van der Waals surface area (Å²) in [5.41, 5.74) is 1.68. The van der Waals surface area contributed by atoms with Gasteiger partial charge in [-0.25, -0.2) is 0 Å². The summed E-state index contributed by atoms with van der Waals surface area (Å²) in [5, 5.41) is 11.7. The molecule has 3 heteroatoms. The number of hydrogen-bond donors (Lipinski definition) is 1. The zero-order valence-corrected chi connectivity index (χ0v) is 8.88. The van der Waals surface area contributed by atoms with E-state index >= 15 is 0 Å². The molecule has 0 saturated heterocycles. The quantitative estimate of drug-likeness (QED) is 0.772. The molecule has 0 aliphatic carbocycles. The van der Waals surface area contributed by atoms with E-state index in [0.717, 1.165) is 18.5 Å². The molecule has 0 aliphatic heterocycles. The molecule has 0 radical (unpaired) electrons. The van der Waals surface area contributed by atoms with Crippen molar-refractivity contribution in [3.8, 4) is 6.07 Å². The van der Waals surface area contributed by atoms with E-state index in [2.05, 4.69) is 11.4 Å². The van der Waals surface area contributed by atoms with Crippen molar-refractivity contribution in [1.29, 1.82) is 5.26 Å². The van der Waals surface area contributed by atoms with Crippen LogP contribution in [0.1, 0.15) is 22.9 Å². The van der Waals surface area contributed by atoms with E-state index in [9.17, 15) is 0 Å². The Balaban J connectivity index is 2.70. The van der Waals surface area contributed by atoms with Crippen molar-refractivity contribution in [2.24, 2.45) is 0 Å². The number of benzene rings is 1. The van der Waals surface area contributed by atoms with Crippen LogP contribution in [0.15, 0.2) is 24.3 Å². The van der Waals surface area contributed by atoms with Gasteiger partial charge in [-0.05, 0) is 37.7 Å². The van der Waals surface area contributed by atoms with Crippen molar-refractivity contribution in [1.82, 2.24) is 5.32 Å². The molecule has 0 heterocycles. The van der Waals surface area contributed by atoms with E-state index in [0.29, 0.717) is 5.56 Å². The van der Waals surface area contributed by atoms with Crippen LogP contribution in [-0.4, -0.2) is 13.6 Å². The molecule has 1 unspecified atom stereocenters. The average Bonchev–Trinajstić information content (AvgIpc) is 2.26. The van der Waals surface area contributed by atoms with Crippen LogP contribution in [0.5, 0.6) is 0 Å². The van der Waals surface area contributed by atoms with E-state index in [1.165, 1.54) is 0 Å². The first-order chi connectivity index (χ1) is 6.77. The highest BCUT2D eigenvalue weighted by molar-refractivity contribution is 6.20. The molecule has 0 amide bonds. The Kier molecular flexibility index (Phi) is 4.45. The minimum Gasteiger partial charge on any atom is -0.320 e. The fraction of sp³-hybridized carbons (Fsp3) is 0.364. The second-order valence-corrected chi connectivity index (χ2v) is 3.62. The van der Waals surface area contributed by atoms with Crippen molar-refractivity contribution in [3.05, 3.63) is 35.4 Å². The highest BCUT2D eigenvalue weighted by atomic mass is 35.5. The lowest BCUT2D eigenvalue weighted by molar-refractivity contribution is 0.709. The number of halogens is 1. The molecule has 1 aromatic carbocycles. The molecule has 0 spiro atoms. The van der Waals surface area contributed by atoms with E-state index in [1.807, 2.05) is 25.2 Å². The van der Waals surface area contributed by atoms with Crippen LogP contribution in [0.4, 0.5) is 0 Å². The summed E-state index contributed by atoms with van der Waals surface area (Å²) < 4.78 is 0. The van der Waals surface area contributed by atoms with Gasteiger partial charge in [0.2, 0.25) is 0 Å². The van der Waals surface area contributed by atoms with Gasteiger partial charge in [0.1, 0.15) is 0 Å². The first kappa shape index (κ1) is 11.0. The zero-order valence-electron chi connectivity index (χ0n) is 8.13. The Labute approximate surface area is 89.5 Å². The Morgan fingerprint density at radius 2 is 2.36 bits per heavy atom. The summed E-state index contributed by atoms with van der Waals surface area (Å²) in [6, 6.07) is 9.54. The van der Waals surface area contributed by atoms with Crippen LogP contribution in [0, 0.1) is 11.3 Å². The molecule has 0 fully saturated rings. The molecule has 1 aromatic rings. The van der Waals surface area contributed by atoms with E-state index < -0.39 is 0 Å². The number of rotatable bonds is 4. The highest BCUT2D eigenvalue weighted by Gasteiger charge is 2.07. The van der Waals surface area contributed by atoms with Gasteiger partial charge in [0.05, 0.1) is 17.0 Å². The van der Waals surface area contributed by atoms with Crippen molar-refractivity contribution < 1.29 is 0 Å². The van der Waals surface area contributed by atoms with Crippen LogP contribution < -0.4 is 5.32 Å². The lowest BCUT2D eigenvalue weighted by atomic mass is 10.1. The summed E-state index contributed by atoms with van der Waals surface area (Å²) in [6.45, 7) is 0.880. The summed E-state index contributed by atoms with van der Waals surface area (Å²) in [7, 11) is 1.90. The second-order valence-electron chi connectivity index (χ2n) is 3.10. The van der Waals surface area contributed by atoms with E-state index in [4.69, 9.17) is 16.9 Å².